The number of nitrogens with one attached hydrogen (secondary N) is 1. The molecule has 0 fully saturated rings. The summed E-state index contributed by atoms with van der Waals surface area (Å²) in [7, 11) is 0. The van der Waals surface area contributed by atoms with E-state index < -0.39 is 36.2 Å². The Morgan fingerprint density at radius 1 is 1.16 bits per heavy atom. The molecule has 1 N–H and O–H groups in total. The van der Waals surface area contributed by atoms with Crippen LogP contribution in [0.15, 0.2) is 54.6 Å². The molecule has 32 heavy (non-hydrogen) atoms. The number of hydrogen-bond acceptors (Lipinski definition) is 6. The van der Waals surface area contributed by atoms with Gasteiger partial charge < -0.3 is 15.0 Å². The predicted octanol–water partition coefficient (Wildman–Crippen LogP) is 3.17. The van der Waals surface area contributed by atoms with Gasteiger partial charge in [-0.15, -0.1) is 0 Å². The number of rotatable bonds is 11. The van der Waals surface area contributed by atoms with Crippen molar-refractivity contribution in [1.29, 1.82) is 5.26 Å². The molecule has 0 saturated carbocycles. The van der Waals surface area contributed by atoms with E-state index in [0.29, 0.717) is 23.4 Å². The summed E-state index contributed by atoms with van der Waals surface area (Å²) in [5.74, 6) is -1.55. The van der Waals surface area contributed by atoms with E-state index in [1.54, 1.807) is 30.3 Å². The van der Waals surface area contributed by atoms with Gasteiger partial charge in [-0.25, -0.2) is 9.18 Å². The molecule has 0 bridgehead atoms. The Bertz CT molecular complexity index is 948. The van der Waals surface area contributed by atoms with E-state index in [2.05, 4.69) is 5.32 Å². The molecule has 0 radical (unpaired) electrons. The number of carbonyl (C=O) groups excluding carboxylic acids is 3. The number of amides is 2. The van der Waals surface area contributed by atoms with Crippen LogP contribution < -0.4 is 10.2 Å². The van der Waals surface area contributed by atoms with Gasteiger partial charge in [0.15, 0.2) is 6.61 Å². The van der Waals surface area contributed by atoms with Crippen LogP contribution in [0.3, 0.4) is 0 Å². The van der Waals surface area contributed by atoms with Crippen molar-refractivity contribution in [3.63, 3.8) is 0 Å². The minimum atomic E-state index is -0.915. The average molecular weight is 458 g/mol. The van der Waals surface area contributed by atoms with Crippen LogP contribution in [0.2, 0.25) is 0 Å². The van der Waals surface area contributed by atoms with E-state index in [4.69, 9.17) is 10.00 Å². The van der Waals surface area contributed by atoms with Crippen molar-refractivity contribution >= 4 is 35.2 Å². The van der Waals surface area contributed by atoms with Crippen LogP contribution in [-0.4, -0.2) is 49.0 Å². The van der Waals surface area contributed by atoms with E-state index in [9.17, 15) is 18.8 Å². The highest BCUT2D eigenvalue weighted by Crippen LogP contribution is 2.16. The van der Waals surface area contributed by atoms with E-state index >= 15 is 0 Å². The first kappa shape index (κ1) is 24.9. The summed E-state index contributed by atoms with van der Waals surface area (Å²) in [6, 6.07) is 14.7. The summed E-state index contributed by atoms with van der Waals surface area (Å²) >= 11 is 1.51. The molecule has 0 saturated heterocycles. The van der Waals surface area contributed by atoms with Crippen LogP contribution in [0.1, 0.15) is 23.2 Å². The van der Waals surface area contributed by atoms with Crippen LogP contribution >= 0.6 is 11.8 Å². The van der Waals surface area contributed by atoms with E-state index in [1.807, 2.05) is 12.3 Å². The third kappa shape index (κ3) is 7.71. The van der Waals surface area contributed by atoms with Gasteiger partial charge in [0.05, 0.1) is 12.5 Å². The van der Waals surface area contributed by atoms with Crippen molar-refractivity contribution in [2.45, 2.75) is 18.9 Å². The molecule has 0 heterocycles. The fraction of sp³-hybridized carbons (Fsp3) is 0.304. The Morgan fingerprint density at radius 3 is 2.47 bits per heavy atom. The van der Waals surface area contributed by atoms with Gasteiger partial charge >= 0.3 is 5.97 Å². The number of benzene rings is 2. The van der Waals surface area contributed by atoms with Gasteiger partial charge in [-0.1, -0.05) is 18.2 Å². The zero-order valence-corrected chi connectivity index (χ0v) is 18.4. The maximum Gasteiger partial charge on any atom is 0.329 e. The van der Waals surface area contributed by atoms with E-state index in [-0.39, 0.29) is 13.0 Å². The van der Waals surface area contributed by atoms with Crippen molar-refractivity contribution in [1.82, 2.24) is 5.32 Å². The van der Waals surface area contributed by atoms with Crippen molar-refractivity contribution in [2.24, 2.45) is 0 Å². The molecule has 7 nitrogen and oxygen atoms in total. The minimum Gasteiger partial charge on any atom is -0.454 e. The fourth-order valence-electron chi connectivity index (χ4n) is 2.81. The molecule has 0 aromatic heterocycles. The van der Waals surface area contributed by atoms with Crippen LogP contribution in [-0.2, 0) is 14.3 Å². The van der Waals surface area contributed by atoms with Crippen molar-refractivity contribution in [3.05, 3.63) is 66.0 Å². The maximum absolute atomic E-state index is 13.2. The predicted molar refractivity (Wildman–Crippen MR) is 121 cm³/mol. The molecule has 1 atom stereocenters. The summed E-state index contributed by atoms with van der Waals surface area (Å²) in [6.45, 7) is -0.502. The molecule has 9 heteroatoms. The number of hydrogen-bond donors (Lipinski definition) is 1. The highest BCUT2D eigenvalue weighted by atomic mass is 32.2. The molecule has 1 unspecified atom stereocenters. The van der Waals surface area contributed by atoms with Gasteiger partial charge in [-0.3, -0.25) is 9.59 Å². The van der Waals surface area contributed by atoms with Crippen LogP contribution in [0.5, 0.6) is 0 Å². The minimum absolute atomic E-state index is 0.0561. The first-order valence-electron chi connectivity index (χ1n) is 9.90. The number of thioether (sulfide) groups is 1. The molecular formula is C23H24FN3O4S. The molecular weight excluding hydrogens is 433 g/mol. The zero-order valence-electron chi connectivity index (χ0n) is 17.6. The molecule has 0 aliphatic carbocycles. The standard InChI is InChI=1S/C23H24FN3O4S/c1-32-15-12-20(26-22(29)17-6-3-2-4-7-17)23(30)31-16-21(28)27(14-5-13-25)19-10-8-18(24)9-11-19/h2-4,6-11,20H,5,12,14-16H2,1H3,(H,26,29). The fourth-order valence-corrected chi connectivity index (χ4v) is 3.28. The molecule has 2 aromatic carbocycles. The van der Waals surface area contributed by atoms with Crippen LogP contribution in [0.4, 0.5) is 10.1 Å². The topological polar surface area (TPSA) is 99.5 Å². The average Bonchev–Trinajstić information content (AvgIpc) is 2.81. The van der Waals surface area contributed by atoms with Crippen LogP contribution in [0, 0.1) is 17.1 Å². The summed E-state index contributed by atoms with van der Waals surface area (Å²) in [5, 5.41) is 11.5. The SMILES string of the molecule is CSCCC(NC(=O)c1ccccc1)C(=O)OCC(=O)N(CCC#N)c1ccc(F)cc1. The zero-order chi connectivity index (χ0) is 23.3. The number of ether oxygens (including phenoxy) is 1. The lowest BCUT2D eigenvalue weighted by atomic mass is 10.1. The Hall–Kier alpha value is -3.38. The molecule has 2 amide bonds. The molecule has 0 spiro atoms. The highest BCUT2D eigenvalue weighted by molar-refractivity contribution is 7.98. The number of esters is 1. The Kier molecular flexibility index (Phi) is 10.2. The number of nitriles is 1. The number of halogens is 1. The Labute approximate surface area is 190 Å². The summed E-state index contributed by atoms with van der Waals surface area (Å²) in [5.41, 5.74) is 0.795. The second-order valence-corrected chi connectivity index (χ2v) is 7.70. The summed E-state index contributed by atoms with van der Waals surface area (Å²) < 4.78 is 18.4. The lowest BCUT2D eigenvalue weighted by Crippen LogP contribution is -2.44. The molecule has 2 aromatic rings. The first-order valence-corrected chi connectivity index (χ1v) is 11.3. The van der Waals surface area contributed by atoms with E-state index in [1.165, 1.54) is 40.9 Å². The third-order valence-corrected chi connectivity index (χ3v) is 5.10. The van der Waals surface area contributed by atoms with Gasteiger partial charge in [0.1, 0.15) is 11.9 Å². The quantitative estimate of drug-likeness (QED) is 0.521. The van der Waals surface area contributed by atoms with E-state index in [0.717, 1.165) is 0 Å². The molecule has 0 aliphatic rings. The molecule has 2 rings (SSSR count). The lowest BCUT2D eigenvalue weighted by Gasteiger charge is -2.23. The Morgan fingerprint density at radius 2 is 1.84 bits per heavy atom. The number of nitrogens with zero attached hydrogens (tertiary/aromatic N) is 2. The first-order chi connectivity index (χ1) is 15.5. The summed E-state index contributed by atoms with van der Waals surface area (Å²) in [4.78, 5) is 39.0. The second-order valence-electron chi connectivity index (χ2n) is 6.71. The third-order valence-electron chi connectivity index (χ3n) is 4.46. The molecule has 168 valence electrons. The van der Waals surface area contributed by atoms with Gasteiger partial charge in [0.25, 0.3) is 11.8 Å². The molecule has 0 aliphatic heterocycles. The second kappa shape index (κ2) is 13.1. The van der Waals surface area contributed by atoms with Crippen molar-refractivity contribution in [2.75, 3.05) is 30.1 Å². The smallest absolute Gasteiger partial charge is 0.329 e. The van der Waals surface area contributed by atoms with Crippen molar-refractivity contribution in [3.8, 4) is 6.07 Å². The van der Waals surface area contributed by atoms with Gasteiger partial charge in [-0.2, -0.15) is 17.0 Å². The normalized spacial score (nSPS) is 11.2. The monoisotopic (exact) mass is 457 g/mol. The van der Waals surface area contributed by atoms with Gasteiger partial charge in [0, 0.05) is 17.8 Å². The highest BCUT2D eigenvalue weighted by Gasteiger charge is 2.25. The van der Waals surface area contributed by atoms with Gasteiger partial charge in [0.2, 0.25) is 0 Å². The van der Waals surface area contributed by atoms with Crippen LogP contribution in [0.25, 0.3) is 0 Å². The van der Waals surface area contributed by atoms with Crippen molar-refractivity contribution < 1.29 is 23.5 Å². The maximum atomic E-state index is 13.2. The number of anilines is 1. The largest absolute Gasteiger partial charge is 0.454 e. The Balaban J connectivity index is 2.03. The summed E-state index contributed by atoms with van der Waals surface area (Å²) in [6.07, 6.45) is 2.27. The van der Waals surface area contributed by atoms with Gasteiger partial charge in [-0.05, 0) is 54.8 Å². The number of carbonyl (C=O) groups is 3. The lowest BCUT2D eigenvalue weighted by molar-refractivity contribution is -0.149.